The number of nitrogens with zero attached hydrogens (tertiary/aromatic N) is 1. The van der Waals surface area contributed by atoms with Crippen molar-refractivity contribution >= 4 is 16.9 Å². The number of hydrogen-bond donors (Lipinski definition) is 1. The molecule has 1 N–H and O–H groups in total. The van der Waals surface area contributed by atoms with Gasteiger partial charge < -0.3 is 9.67 Å². The highest BCUT2D eigenvalue weighted by Gasteiger charge is 2.11. The fraction of sp³-hybridized carbons (Fsp3) is 0.118. The molecular formula is C17H15NO2. The normalized spacial score (nSPS) is 10.8. The van der Waals surface area contributed by atoms with Gasteiger partial charge in [-0.05, 0) is 36.2 Å². The zero-order valence-corrected chi connectivity index (χ0v) is 11.2. The van der Waals surface area contributed by atoms with E-state index in [1.807, 2.05) is 30.5 Å². The molecule has 0 aliphatic carbocycles. The first kappa shape index (κ1) is 12.5. The van der Waals surface area contributed by atoms with Crippen molar-refractivity contribution in [3.8, 4) is 0 Å². The maximum atomic E-state index is 11.2. The summed E-state index contributed by atoms with van der Waals surface area (Å²) < 4.78 is 2.09. The number of carbonyl (C=O) groups is 1. The second-order valence-corrected chi connectivity index (χ2v) is 4.91. The number of carboxylic acid groups (broad SMARTS) is 1. The number of fused-ring (bicyclic) bond motifs is 1. The van der Waals surface area contributed by atoms with Gasteiger partial charge in [-0.15, -0.1) is 0 Å². The zero-order valence-electron chi connectivity index (χ0n) is 11.2. The Kier molecular flexibility index (Phi) is 3.03. The average Bonchev–Trinajstić information content (AvgIpc) is 2.84. The van der Waals surface area contributed by atoms with Crippen molar-refractivity contribution in [2.75, 3.05) is 0 Å². The van der Waals surface area contributed by atoms with Crippen LogP contribution in [0.25, 0.3) is 10.9 Å². The molecule has 0 amide bonds. The van der Waals surface area contributed by atoms with Crippen LogP contribution in [0.4, 0.5) is 0 Å². The van der Waals surface area contributed by atoms with E-state index in [9.17, 15) is 9.90 Å². The third-order valence-electron chi connectivity index (χ3n) is 3.65. The second-order valence-electron chi connectivity index (χ2n) is 4.91. The van der Waals surface area contributed by atoms with Crippen LogP contribution in [-0.4, -0.2) is 15.6 Å². The first-order chi connectivity index (χ1) is 9.66. The molecule has 0 unspecified atom stereocenters. The van der Waals surface area contributed by atoms with Crippen molar-refractivity contribution in [3.05, 3.63) is 71.4 Å². The Morgan fingerprint density at radius 1 is 1.10 bits per heavy atom. The van der Waals surface area contributed by atoms with E-state index in [4.69, 9.17) is 0 Å². The van der Waals surface area contributed by atoms with E-state index in [0.29, 0.717) is 5.56 Å². The standard InChI is InChI=1S/C17H15NO2/c1-12-5-2-3-6-13(12)11-18-10-9-14-15(17(19)20)7-4-8-16(14)18/h2-10H,11H2,1H3,(H,19,20). The number of hydrogen-bond acceptors (Lipinski definition) is 1. The molecule has 0 saturated heterocycles. The van der Waals surface area contributed by atoms with Crippen LogP contribution < -0.4 is 0 Å². The summed E-state index contributed by atoms with van der Waals surface area (Å²) >= 11 is 0. The monoisotopic (exact) mass is 265 g/mol. The molecular weight excluding hydrogens is 250 g/mol. The Labute approximate surface area is 117 Å². The van der Waals surface area contributed by atoms with Crippen LogP contribution in [0.3, 0.4) is 0 Å². The quantitative estimate of drug-likeness (QED) is 0.784. The van der Waals surface area contributed by atoms with Crippen molar-refractivity contribution < 1.29 is 9.90 Å². The van der Waals surface area contributed by atoms with Crippen LogP contribution in [-0.2, 0) is 6.54 Å². The number of aromatic carboxylic acids is 1. The van der Waals surface area contributed by atoms with E-state index in [1.165, 1.54) is 11.1 Å². The van der Waals surface area contributed by atoms with Crippen LogP contribution in [0.15, 0.2) is 54.7 Å². The highest BCUT2D eigenvalue weighted by molar-refractivity contribution is 6.02. The smallest absolute Gasteiger partial charge is 0.336 e. The Hall–Kier alpha value is -2.55. The summed E-state index contributed by atoms with van der Waals surface area (Å²) in [6, 6.07) is 15.5. The van der Waals surface area contributed by atoms with E-state index in [2.05, 4.69) is 23.6 Å². The van der Waals surface area contributed by atoms with E-state index in [1.54, 1.807) is 12.1 Å². The van der Waals surface area contributed by atoms with Crippen molar-refractivity contribution in [2.45, 2.75) is 13.5 Å². The Balaban J connectivity index is 2.08. The number of carboxylic acids is 1. The van der Waals surface area contributed by atoms with Gasteiger partial charge in [-0.3, -0.25) is 0 Å². The lowest BCUT2D eigenvalue weighted by Crippen LogP contribution is -2.01. The van der Waals surface area contributed by atoms with Gasteiger partial charge in [0, 0.05) is 23.6 Å². The minimum Gasteiger partial charge on any atom is -0.478 e. The fourth-order valence-corrected chi connectivity index (χ4v) is 2.52. The molecule has 3 rings (SSSR count). The van der Waals surface area contributed by atoms with Crippen LogP contribution in [0.1, 0.15) is 21.5 Å². The van der Waals surface area contributed by atoms with Gasteiger partial charge in [0.1, 0.15) is 0 Å². The predicted molar refractivity (Wildman–Crippen MR) is 79.2 cm³/mol. The fourth-order valence-electron chi connectivity index (χ4n) is 2.52. The topological polar surface area (TPSA) is 42.2 Å². The van der Waals surface area contributed by atoms with Gasteiger partial charge in [0.25, 0.3) is 0 Å². The molecule has 0 saturated carbocycles. The summed E-state index contributed by atoms with van der Waals surface area (Å²) in [7, 11) is 0. The molecule has 0 fully saturated rings. The van der Waals surface area contributed by atoms with Crippen LogP contribution in [0, 0.1) is 6.92 Å². The summed E-state index contributed by atoms with van der Waals surface area (Å²) in [5, 5.41) is 10.0. The van der Waals surface area contributed by atoms with Gasteiger partial charge in [-0.1, -0.05) is 30.3 Å². The number of benzene rings is 2. The molecule has 100 valence electrons. The molecule has 0 atom stereocenters. The average molecular weight is 265 g/mol. The molecule has 1 heterocycles. The Morgan fingerprint density at radius 2 is 1.90 bits per heavy atom. The second kappa shape index (κ2) is 4.85. The van der Waals surface area contributed by atoms with Crippen LogP contribution >= 0.6 is 0 Å². The van der Waals surface area contributed by atoms with Gasteiger partial charge in [-0.25, -0.2) is 4.79 Å². The Morgan fingerprint density at radius 3 is 2.65 bits per heavy atom. The minimum absolute atomic E-state index is 0.353. The first-order valence-corrected chi connectivity index (χ1v) is 6.52. The summed E-state index contributed by atoms with van der Waals surface area (Å²) in [5.74, 6) is -0.885. The molecule has 2 aromatic carbocycles. The molecule has 3 aromatic rings. The summed E-state index contributed by atoms with van der Waals surface area (Å²) in [6.45, 7) is 2.84. The molecule has 1 aromatic heterocycles. The van der Waals surface area contributed by atoms with Crippen molar-refractivity contribution in [1.82, 2.24) is 4.57 Å². The largest absolute Gasteiger partial charge is 0.478 e. The van der Waals surface area contributed by atoms with Crippen molar-refractivity contribution in [2.24, 2.45) is 0 Å². The minimum atomic E-state index is -0.885. The molecule has 3 nitrogen and oxygen atoms in total. The predicted octanol–water partition coefficient (Wildman–Crippen LogP) is 3.70. The number of rotatable bonds is 3. The number of aryl methyl sites for hydroxylation is 1. The first-order valence-electron chi connectivity index (χ1n) is 6.52. The van der Waals surface area contributed by atoms with Crippen LogP contribution in [0.2, 0.25) is 0 Å². The third kappa shape index (κ3) is 2.07. The van der Waals surface area contributed by atoms with Crippen molar-refractivity contribution in [1.29, 1.82) is 0 Å². The van der Waals surface area contributed by atoms with E-state index in [-0.39, 0.29) is 0 Å². The summed E-state index contributed by atoms with van der Waals surface area (Å²) in [6.07, 6.45) is 1.95. The lowest BCUT2D eigenvalue weighted by Gasteiger charge is -2.09. The molecule has 0 aliphatic heterocycles. The molecule has 20 heavy (non-hydrogen) atoms. The summed E-state index contributed by atoms with van der Waals surface area (Å²) in [4.78, 5) is 11.2. The van der Waals surface area contributed by atoms with E-state index in [0.717, 1.165) is 17.4 Å². The lowest BCUT2D eigenvalue weighted by molar-refractivity contribution is 0.0699. The Bertz CT molecular complexity index is 787. The maximum Gasteiger partial charge on any atom is 0.336 e. The molecule has 0 bridgehead atoms. The highest BCUT2D eigenvalue weighted by atomic mass is 16.4. The van der Waals surface area contributed by atoms with E-state index < -0.39 is 5.97 Å². The zero-order chi connectivity index (χ0) is 14.1. The van der Waals surface area contributed by atoms with Gasteiger partial charge >= 0.3 is 5.97 Å². The molecule has 0 radical (unpaired) electrons. The van der Waals surface area contributed by atoms with Crippen molar-refractivity contribution in [3.63, 3.8) is 0 Å². The molecule has 0 spiro atoms. The number of aromatic nitrogens is 1. The SMILES string of the molecule is Cc1ccccc1Cn1ccc2c(C(=O)O)cccc21. The van der Waals surface area contributed by atoms with Gasteiger partial charge in [-0.2, -0.15) is 0 Å². The van der Waals surface area contributed by atoms with Gasteiger partial charge in [0.2, 0.25) is 0 Å². The van der Waals surface area contributed by atoms with Gasteiger partial charge in [0.05, 0.1) is 5.56 Å². The highest BCUT2D eigenvalue weighted by Crippen LogP contribution is 2.22. The summed E-state index contributed by atoms with van der Waals surface area (Å²) in [5.41, 5.74) is 3.79. The maximum absolute atomic E-state index is 11.2. The van der Waals surface area contributed by atoms with E-state index >= 15 is 0 Å². The van der Waals surface area contributed by atoms with Gasteiger partial charge in [0.15, 0.2) is 0 Å². The lowest BCUT2D eigenvalue weighted by atomic mass is 10.1. The molecule has 0 aliphatic rings. The third-order valence-corrected chi connectivity index (χ3v) is 3.65. The molecule has 3 heteroatoms. The van der Waals surface area contributed by atoms with Crippen LogP contribution in [0.5, 0.6) is 0 Å².